The number of hydrogen-bond acceptors (Lipinski definition) is 7. The van der Waals surface area contributed by atoms with Gasteiger partial charge in [0.2, 0.25) is 0 Å². The van der Waals surface area contributed by atoms with Crippen molar-refractivity contribution in [3.8, 4) is 5.75 Å². The van der Waals surface area contributed by atoms with Crippen molar-refractivity contribution in [2.24, 2.45) is 0 Å². The second-order valence-corrected chi connectivity index (χ2v) is 9.87. The van der Waals surface area contributed by atoms with Crippen LogP contribution in [0.25, 0.3) is 0 Å². The van der Waals surface area contributed by atoms with Gasteiger partial charge in [-0.25, -0.2) is 0 Å². The van der Waals surface area contributed by atoms with Crippen LogP contribution in [0.4, 0.5) is 5.69 Å². The topological polar surface area (TPSA) is 84.5 Å². The molecule has 0 radical (unpaired) electrons. The molecule has 8 heteroatoms. The van der Waals surface area contributed by atoms with Crippen molar-refractivity contribution in [3.05, 3.63) is 24.3 Å². The number of ether oxygens (including phenoxy) is 6. The molecule has 3 aliphatic rings. The second-order valence-electron chi connectivity index (χ2n) is 9.87. The molecule has 1 N–H and O–H groups in total. The Morgan fingerprint density at radius 2 is 1.52 bits per heavy atom. The lowest BCUT2D eigenvalue weighted by atomic mass is 9.98. The van der Waals surface area contributed by atoms with E-state index in [0.29, 0.717) is 12.3 Å². The maximum absolute atomic E-state index is 13.2. The van der Waals surface area contributed by atoms with Crippen LogP contribution in [0.15, 0.2) is 24.3 Å². The predicted molar refractivity (Wildman–Crippen MR) is 122 cm³/mol. The van der Waals surface area contributed by atoms with Crippen molar-refractivity contribution in [2.45, 2.75) is 109 Å². The quantitative estimate of drug-likeness (QED) is 0.544. The van der Waals surface area contributed by atoms with Crippen molar-refractivity contribution < 1.29 is 33.2 Å². The molecule has 1 aromatic rings. The summed E-state index contributed by atoms with van der Waals surface area (Å²) in [5, 5.41) is 2.92. The summed E-state index contributed by atoms with van der Waals surface area (Å²) in [6, 6.07) is 7.36. The van der Waals surface area contributed by atoms with E-state index in [0.717, 1.165) is 12.2 Å². The number of carbonyl (C=O) groups is 1. The van der Waals surface area contributed by atoms with Gasteiger partial charge in [0.25, 0.3) is 5.91 Å². The van der Waals surface area contributed by atoms with Gasteiger partial charge in [0.15, 0.2) is 24.0 Å². The number of rotatable bonds is 9. The first-order valence-electron chi connectivity index (χ1n) is 12.1. The highest BCUT2D eigenvalue weighted by Crippen LogP contribution is 2.44. The third kappa shape index (κ3) is 5.87. The van der Waals surface area contributed by atoms with Gasteiger partial charge >= 0.3 is 0 Å². The Balaban J connectivity index is 1.35. The summed E-state index contributed by atoms with van der Waals surface area (Å²) in [4.78, 5) is 13.2. The summed E-state index contributed by atoms with van der Waals surface area (Å²) in [6.07, 6.45) is 2.85. The molecule has 3 heterocycles. The first-order chi connectivity index (χ1) is 15.7. The second kappa shape index (κ2) is 9.88. The lowest BCUT2D eigenvalue weighted by Gasteiger charge is -2.36. The highest BCUT2D eigenvalue weighted by Gasteiger charge is 2.62. The van der Waals surface area contributed by atoms with Crippen molar-refractivity contribution in [2.75, 3.05) is 11.9 Å². The van der Waals surface area contributed by atoms with Gasteiger partial charge in [-0.3, -0.25) is 4.79 Å². The molecule has 1 amide bonds. The predicted octanol–water partition coefficient (Wildman–Crippen LogP) is 4.37. The zero-order valence-electron chi connectivity index (χ0n) is 20.3. The van der Waals surface area contributed by atoms with E-state index in [2.05, 4.69) is 12.2 Å². The minimum absolute atomic E-state index is 0.317. The summed E-state index contributed by atoms with van der Waals surface area (Å²) in [7, 11) is 0. The number of hydrogen-bond donors (Lipinski definition) is 1. The fourth-order valence-electron chi connectivity index (χ4n) is 4.57. The summed E-state index contributed by atoms with van der Waals surface area (Å²) in [5.74, 6) is -1.21. The molecule has 0 aliphatic carbocycles. The average Bonchev–Trinajstić information content (AvgIpc) is 3.24. The van der Waals surface area contributed by atoms with Gasteiger partial charge in [0, 0.05) is 5.69 Å². The molecule has 5 atom stereocenters. The van der Waals surface area contributed by atoms with E-state index in [1.54, 1.807) is 0 Å². The Hall–Kier alpha value is -1.71. The van der Waals surface area contributed by atoms with E-state index in [1.807, 2.05) is 52.0 Å². The number of carbonyl (C=O) groups excluding carboxylic acids is 1. The molecule has 1 aromatic carbocycles. The largest absolute Gasteiger partial charge is 0.494 e. The third-order valence-corrected chi connectivity index (χ3v) is 6.05. The molecule has 0 aromatic heterocycles. The van der Waals surface area contributed by atoms with Gasteiger partial charge in [0.1, 0.15) is 24.1 Å². The SMILES string of the molecule is CCCCCCCOc1ccc(NC(=O)[C@@H]2O[C@@H]3OC(C)(C)O[C@@H]3[C@@H]3OC(C)(C)O[C@@H]32)cc1. The fourth-order valence-corrected chi connectivity index (χ4v) is 4.57. The molecular formula is C25H37NO7. The molecule has 3 fully saturated rings. The van der Waals surface area contributed by atoms with Gasteiger partial charge in [-0.05, 0) is 58.4 Å². The van der Waals surface area contributed by atoms with Crippen LogP contribution in [0.3, 0.4) is 0 Å². The van der Waals surface area contributed by atoms with Crippen molar-refractivity contribution in [1.29, 1.82) is 0 Å². The van der Waals surface area contributed by atoms with Crippen LogP contribution in [0.1, 0.15) is 66.7 Å². The highest BCUT2D eigenvalue weighted by atomic mass is 16.9. The number of anilines is 1. The van der Waals surface area contributed by atoms with Crippen LogP contribution in [-0.2, 0) is 28.5 Å². The van der Waals surface area contributed by atoms with E-state index < -0.39 is 42.3 Å². The summed E-state index contributed by atoms with van der Waals surface area (Å²) in [5.41, 5.74) is 0.652. The average molecular weight is 464 g/mol. The van der Waals surface area contributed by atoms with E-state index in [1.165, 1.54) is 25.7 Å². The van der Waals surface area contributed by atoms with E-state index in [9.17, 15) is 4.79 Å². The zero-order chi connectivity index (χ0) is 23.6. The third-order valence-electron chi connectivity index (χ3n) is 6.05. The van der Waals surface area contributed by atoms with Crippen LogP contribution in [-0.4, -0.2) is 54.8 Å². The summed E-state index contributed by atoms with van der Waals surface area (Å²) < 4.78 is 35.8. The minimum Gasteiger partial charge on any atom is -0.494 e. The number of unbranched alkanes of at least 4 members (excludes halogenated alkanes) is 4. The number of amides is 1. The first-order valence-corrected chi connectivity index (χ1v) is 12.1. The van der Waals surface area contributed by atoms with E-state index in [-0.39, 0.29) is 5.91 Å². The molecule has 33 heavy (non-hydrogen) atoms. The standard InChI is InChI=1S/C25H37NO7/c1-6-7-8-9-10-15-28-17-13-11-16(12-14-17)26-22(27)20-18-19(31-24(2,3)30-18)21-23(29-20)33-25(4,5)32-21/h11-14,18-21,23H,6-10,15H2,1-5H3,(H,26,27)/t18-,19+,20+,21+,23+/m0/s1. The molecular weight excluding hydrogens is 426 g/mol. The monoisotopic (exact) mass is 463 g/mol. The Morgan fingerprint density at radius 3 is 2.24 bits per heavy atom. The van der Waals surface area contributed by atoms with Gasteiger partial charge in [-0.15, -0.1) is 0 Å². The maximum Gasteiger partial charge on any atom is 0.256 e. The van der Waals surface area contributed by atoms with Crippen molar-refractivity contribution in [1.82, 2.24) is 0 Å². The fraction of sp³-hybridized carbons (Fsp3) is 0.720. The summed E-state index contributed by atoms with van der Waals surface area (Å²) >= 11 is 0. The molecule has 4 rings (SSSR count). The number of fused-ring (bicyclic) bond motifs is 3. The molecule has 3 aliphatic heterocycles. The molecule has 3 saturated heterocycles. The molecule has 0 saturated carbocycles. The van der Waals surface area contributed by atoms with Gasteiger partial charge in [0.05, 0.1) is 6.61 Å². The zero-order valence-corrected chi connectivity index (χ0v) is 20.3. The van der Waals surface area contributed by atoms with E-state index >= 15 is 0 Å². The summed E-state index contributed by atoms with van der Waals surface area (Å²) in [6.45, 7) is 10.2. The maximum atomic E-state index is 13.2. The molecule has 0 bridgehead atoms. The molecule has 184 valence electrons. The van der Waals surface area contributed by atoms with Crippen molar-refractivity contribution in [3.63, 3.8) is 0 Å². The van der Waals surface area contributed by atoms with Crippen LogP contribution < -0.4 is 10.1 Å². The lowest BCUT2D eigenvalue weighted by Crippen LogP contribution is -2.58. The number of nitrogens with one attached hydrogen (secondary N) is 1. The van der Waals surface area contributed by atoms with Crippen LogP contribution >= 0.6 is 0 Å². The van der Waals surface area contributed by atoms with Crippen LogP contribution in [0, 0.1) is 0 Å². The van der Waals surface area contributed by atoms with Crippen molar-refractivity contribution >= 4 is 11.6 Å². The molecule has 8 nitrogen and oxygen atoms in total. The van der Waals surface area contributed by atoms with Crippen LogP contribution in [0.2, 0.25) is 0 Å². The van der Waals surface area contributed by atoms with Gasteiger partial charge < -0.3 is 33.7 Å². The number of benzene rings is 1. The van der Waals surface area contributed by atoms with Crippen LogP contribution in [0.5, 0.6) is 5.75 Å². The normalized spacial score (nSPS) is 31.6. The van der Waals surface area contributed by atoms with Gasteiger partial charge in [-0.1, -0.05) is 32.6 Å². The lowest BCUT2D eigenvalue weighted by molar-refractivity contribution is -0.229. The Bertz CT molecular complexity index is 809. The van der Waals surface area contributed by atoms with E-state index in [4.69, 9.17) is 28.4 Å². The highest BCUT2D eigenvalue weighted by molar-refractivity contribution is 5.94. The Labute approximate surface area is 196 Å². The first kappa shape index (κ1) is 24.4. The van der Waals surface area contributed by atoms with Gasteiger partial charge in [-0.2, -0.15) is 0 Å². The minimum atomic E-state index is -0.894. The Morgan fingerprint density at radius 1 is 0.879 bits per heavy atom. The molecule has 0 unspecified atom stereocenters. The Kier molecular flexibility index (Phi) is 7.31. The smallest absolute Gasteiger partial charge is 0.256 e. The molecule has 0 spiro atoms.